The van der Waals surface area contributed by atoms with E-state index in [9.17, 15) is 14.4 Å². The third-order valence-electron chi connectivity index (χ3n) is 5.27. The minimum Gasteiger partial charge on any atom is -0.372 e. The fourth-order valence-corrected chi connectivity index (χ4v) is 3.90. The number of nitrogens with zero attached hydrogens (tertiary/aromatic N) is 2. The molecule has 158 valence electrons. The molecule has 1 unspecified atom stereocenters. The van der Waals surface area contributed by atoms with E-state index in [4.69, 9.17) is 11.6 Å². The van der Waals surface area contributed by atoms with Crippen LogP contribution in [0.4, 0.5) is 16.2 Å². The van der Waals surface area contributed by atoms with Gasteiger partial charge in [0, 0.05) is 35.1 Å². The maximum atomic E-state index is 13.0. The maximum absolute atomic E-state index is 13.0. The number of urea groups is 1. The minimum absolute atomic E-state index is 0.369. The Morgan fingerprint density at radius 3 is 2.33 bits per heavy atom. The van der Waals surface area contributed by atoms with E-state index in [0.29, 0.717) is 16.3 Å². The third kappa shape index (κ3) is 4.11. The molecule has 1 saturated heterocycles. The van der Waals surface area contributed by atoms with Crippen molar-refractivity contribution < 1.29 is 14.4 Å². The van der Waals surface area contributed by atoms with Crippen molar-refractivity contribution in [2.45, 2.75) is 26.3 Å². The van der Waals surface area contributed by atoms with E-state index < -0.39 is 23.4 Å². The van der Waals surface area contributed by atoms with E-state index in [2.05, 4.69) is 29.4 Å². The molecule has 1 fully saturated rings. The molecule has 0 aliphatic carbocycles. The van der Waals surface area contributed by atoms with Crippen LogP contribution in [-0.4, -0.2) is 42.4 Å². The van der Waals surface area contributed by atoms with Gasteiger partial charge < -0.3 is 15.5 Å². The number of benzene rings is 2. The molecule has 2 aromatic carbocycles. The second kappa shape index (κ2) is 8.75. The van der Waals surface area contributed by atoms with Gasteiger partial charge in [0.05, 0.1) is 0 Å². The van der Waals surface area contributed by atoms with Crippen LogP contribution in [0.1, 0.15) is 26.3 Å². The van der Waals surface area contributed by atoms with Crippen LogP contribution in [0, 0.1) is 0 Å². The van der Waals surface area contributed by atoms with Gasteiger partial charge in [-0.25, -0.2) is 4.79 Å². The highest BCUT2D eigenvalue weighted by Gasteiger charge is 2.50. The van der Waals surface area contributed by atoms with Gasteiger partial charge in [-0.3, -0.25) is 14.5 Å². The number of imide groups is 1. The van der Waals surface area contributed by atoms with Crippen molar-refractivity contribution in [3.05, 3.63) is 59.1 Å². The molecule has 1 aliphatic rings. The number of hydrogen-bond acceptors (Lipinski definition) is 4. The zero-order valence-electron chi connectivity index (χ0n) is 17.2. The first-order valence-corrected chi connectivity index (χ1v) is 10.2. The SMILES string of the molecule is CCN(CC)c1ccc(NC(=O)CN2C(=O)NC(C)(c3ccccc3Cl)C2=O)cc1. The summed E-state index contributed by atoms with van der Waals surface area (Å²) in [6, 6.07) is 13.6. The highest BCUT2D eigenvalue weighted by Crippen LogP contribution is 2.33. The van der Waals surface area contributed by atoms with Gasteiger partial charge in [0.1, 0.15) is 12.1 Å². The first-order chi connectivity index (χ1) is 14.3. The predicted octanol–water partition coefficient (Wildman–Crippen LogP) is 3.59. The second-order valence-corrected chi connectivity index (χ2v) is 7.60. The van der Waals surface area contributed by atoms with Crippen LogP contribution in [0.3, 0.4) is 0 Å². The molecule has 0 saturated carbocycles. The van der Waals surface area contributed by atoms with Gasteiger partial charge in [-0.05, 0) is 51.1 Å². The van der Waals surface area contributed by atoms with Crippen LogP contribution in [0.5, 0.6) is 0 Å². The third-order valence-corrected chi connectivity index (χ3v) is 5.60. The van der Waals surface area contributed by atoms with Crippen LogP contribution in [0.15, 0.2) is 48.5 Å². The number of nitrogens with one attached hydrogen (secondary N) is 2. The molecule has 30 heavy (non-hydrogen) atoms. The molecule has 2 N–H and O–H groups in total. The van der Waals surface area contributed by atoms with E-state index in [1.165, 1.54) is 0 Å². The Hall–Kier alpha value is -3.06. The van der Waals surface area contributed by atoms with Crippen LogP contribution in [0.25, 0.3) is 0 Å². The van der Waals surface area contributed by atoms with Crippen molar-refractivity contribution in [2.24, 2.45) is 0 Å². The number of hydrogen-bond donors (Lipinski definition) is 2. The summed E-state index contributed by atoms with van der Waals surface area (Å²) < 4.78 is 0. The average molecular weight is 429 g/mol. The van der Waals surface area contributed by atoms with Crippen LogP contribution in [0.2, 0.25) is 5.02 Å². The van der Waals surface area contributed by atoms with Gasteiger partial charge in [0.15, 0.2) is 0 Å². The van der Waals surface area contributed by atoms with Crippen LogP contribution in [-0.2, 0) is 15.1 Å². The Balaban J connectivity index is 1.69. The summed E-state index contributed by atoms with van der Waals surface area (Å²) in [5.74, 6) is -0.981. The monoisotopic (exact) mass is 428 g/mol. The lowest BCUT2D eigenvalue weighted by Gasteiger charge is -2.23. The summed E-state index contributed by atoms with van der Waals surface area (Å²) in [4.78, 5) is 41.0. The number of anilines is 2. The molecule has 0 radical (unpaired) electrons. The molecule has 7 nitrogen and oxygen atoms in total. The zero-order valence-corrected chi connectivity index (χ0v) is 18.0. The Morgan fingerprint density at radius 1 is 1.10 bits per heavy atom. The van der Waals surface area contributed by atoms with Crippen molar-refractivity contribution in [3.63, 3.8) is 0 Å². The zero-order chi connectivity index (χ0) is 21.9. The fourth-order valence-electron chi connectivity index (χ4n) is 3.58. The summed E-state index contributed by atoms with van der Waals surface area (Å²) in [6.45, 7) is 7.12. The number of rotatable bonds is 7. The number of carbonyl (C=O) groups is 3. The predicted molar refractivity (Wildman–Crippen MR) is 118 cm³/mol. The first kappa shape index (κ1) is 21.6. The highest BCUT2D eigenvalue weighted by molar-refractivity contribution is 6.32. The van der Waals surface area contributed by atoms with Gasteiger partial charge in [0.25, 0.3) is 5.91 Å². The Bertz CT molecular complexity index is 959. The normalized spacial score (nSPS) is 18.3. The molecule has 0 bridgehead atoms. The summed E-state index contributed by atoms with van der Waals surface area (Å²) >= 11 is 6.22. The largest absolute Gasteiger partial charge is 0.372 e. The van der Waals surface area contributed by atoms with E-state index in [1.54, 1.807) is 43.3 Å². The van der Waals surface area contributed by atoms with E-state index >= 15 is 0 Å². The quantitative estimate of drug-likeness (QED) is 0.660. The average Bonchev–Trinajstić information content (AvgIpc) is 2.94. The van der Waals surface area contributed by atoms with Crippen molar-refractivity contribution in [3.8, 4) is 0 Å². The van der Waals surface area contributed by atoms with Gasteiger partial charge >= 0.3 is 6.03 Å². The Morgan fingerprint density at radius 2 is 1.73 bits per heavy atom. The smallest absolute Gasteiger partial charge is 0.325 e. The molecule has 8 heteroatoms. The Kier molecular flexibility index (Phi) is 6.31. The van der Waals surface area contributed by atoms with Crippen LogP contribution >= 0.6 is 11.6 Å². The Labute approximate surface area is 181 Å². The summed E-state index contributed by atoms with van der Waals surface area (Å²) in [5, 5.41) is 5.76. The van der Waals surface area contributed by atoms with Crippen molar-refractivity contribution >= 4 is 40.8 Å². The molecule has 3 rings (SSSR count). The summed E-state index contributed by atoms with van der Waals surface area (Å²) in [6.07, 6.45) is 0. The van der Waals surface area contributed by atoms with Crippen molar-refractivity contribution in [2.75, 3.05) is 29.9 Å². The van der Waals surface area contributed by atoms with Gasteiger partial charge in [-0.1, -0.05) is 29.8 Å². The molecular weight excluding hydrogens is 404 g/mol. The number of halogens is 1. The topological polar surface area (TPSA) is 81.8 Å². The highest BCUT2D eigenvalue weighted by atomic mass is 35.5. The lowest BCUT2D eigenvalue weighted by atomic mass is 9.92. The number of carbonyl (C=O) groups excluding carboxylic acids is 3. The van der Waals surface area contributed by atoms with Crippen LogP contribution < -0.4 is 15.5 Å². The molecule has 0 aromatic heterocycles. The lowest BCUT2D eigenvalue weighted by molar-refractivity contribution is -0.133. The molecule has 2 aromatic rings. The van der Waals surface area contributed by atoms with E-state index in [0.717, 1.165) is 23.7 Å². The van der Waals surface area contributed by atoms with Gasteiger partial charge in [-0.2, -0.15) is 0 Å². The maximum Gasteiger partial charge on any atom is 0.325 e. The van der Waals surface area contributed by atoms with E-state index in [1.807, 2.05) is 12.1 Å². The van der Waals surface area contributed by atoms with Gasteiger partial charge in [0.2, 0.25) is 5.91 Å². The first-order valence-electron chi connectivity index (χ1n) is 9.84. The minimum atomic E-state index is -1.32. The van der Waals surface area contributed by atoms with Crippen molar-refractivity contribution in [1.82, 2.24) is 10.2 Å². The molecule has 1 aliphatic heterocycles. The summed E-state index contributed by atoms with van der Waals surface area (Å²) in [7, 11) is 0. The fraction of sp³-hybridized carbons (Fsp3) is 0.318. The molecule has 0 spiro atoms. The van der Waals surface area contributed by atoms with Crippen molar-refractivity contribution in [1.29, 1.82) is 0 Å². The molecular formula is C22H25ClN4O3. The molecule has 1 heterocycles. The standard InChI is InChI=1S/C22H25ClN4O3/c1-4-26(5-2)16-12-10-15(11-13-16)24-19(28)14-27-20(29)22(3,25-21(27)30)17-8-6-7-9-18(17)23/h6-13H,4-5,14H2,1-3H3,(H,24,28)(H,25,30). The molecule has 4 amide bonds. The summed E-state index contributed by atoms with van der Waals surface area (Å²) in [5.41, 5.74) is 0.820. The van der Waals surface area contributed by atoms with E-state index in [-0.39, 0.29) is 6.54 Å². The van der Waals surface area contributed by atoms with Gasteiger partial charge in [-0.15, -0.1) is 0 Å². The number of amides is 4. The lowest BCUT2D eigenvalue weighted by Crippen LogP contribution is -2.42. The molecule has 1 atom stereocenters. The second-order valence-electron chi connectivity index (χ2n) is 7.19.